The lowest BCUT2D eigenvalue weighted by Crippen LogP contribution is -2.13. The van der Waals surface area contributed by atoms with Crippen molar-refractivity contribution < 1.29 is 22.4 Å². The van der Waals surface area contributed by atoms with Crippen molar-refractivity contribution in [2.24, 2.45) is 0 Å². The van der Waals surface area contributed by atoms with Gasteiger partial charge in [-0.1, -0.05) is 13.8 Å². The standard InChI is InChI=1S/C9H12N2O6PS.C2H6/c1-3-17-18(14)9-6-7(10-19(2,15)16)4-5-8(9)11(12)13;1-2/h4-6,10H,3H2,1-2H3;1-2H3/q+1;. The van der Waals surface area contributed by atoms with E-state index in [1.165, 1.54) is 6.07 Å². The molecule has 118 valence electrons. The Morgan fingerprint density at radius 2 is 1.95 bits per heavy atom. The molecule has 21 heavy (non-hydrogen) atoms. The summed E-state index contributed by atoms with van der Waals surface area (Å²) in [6.45, 7) is 5.72. The number of nitrogens with zero attached hydrogens (tertiary/aromatic N) is 1. The Morgan fingerprint density at radius 3 is 2.38 bits per heavy atom. The van der Waals surface area contributed by atoms with Crippen LogP contribution in [0.5, 0.6) is 0 Å². The molecule has 0 saturated heterocycles. The Morgan fingerprint density at radius 1 is 1.38 bits per heavy atom. The Kier molecular flexibility index (Phi) is 8.01. The van der Waals surface area contributed by atoms with Gasteiger partial charge in [0.05, 0.1) is 16.9 Å². The highest BCUT2D eigenvalue weighted by Crippen LogP contribution is 2.29. The van der Waals surface area contributed by atoms with E-state index in [9.17, 15) is 23.1 Å². The van der Waals surface area contributed by atoms with E-state index in [-0.39, 0.29) is 23.3 Å². The molecule has 0 aliphatic carbocycles. The molecule has 1 unspecified atom stereocenters. The highest BCUT2D eigenvalue weighted by Gasteiger charge is 2.33. The van der Waals surface area contributed by atoms with Crippen LogP contribution in [0.1, 0.15) is 20.8 Å². The van der Waals surface area contributed by atoms with Gasteiger partial charge in [0.25, 0.3) is 0 Å². The summed E-state index contributed by atoms with van der Waals surface area (Å²) in [6, 6.07) is 3.43. The molecule has 1 aromatic rings. The molecule has 1 rings (SSSR count). The van der Waals surface area contributed by atoms with Crippen molar-refractivity contribution in [2.45, 2.75) is 20.8 Å². The lowest BCUT2D eigenvalue weighted by atomic mass is 10.3. The molecule has 0 bridgehead atoms. The average molecular weight is 337 g/mol. The molecule has 0 amide bonds. The molecule has 0 saturated carbocycles. The van der Waals surface area contributed by atoms with E-state index >= 15 is 0 Å². The molecular weight excluding hydrogens is 319 g/mol. The van der Waals surface area contributed by atoms with Crippen LogP contribution in [0.3, 0.4) is 0 Å². The Labute approximate surface area is 124 Å². The Bertz CT molecular complexity index is 617. The fraction of sp³-hybridized carbons (Fsp3) is 0.455. The predicted molar refractivity (Wildman–Crippen MR) is 81.8 cm³/mol. The number of nitro benzene ring substituents is 1. The molecule has 0 aromatic heterocycles. The van der Waals surface area contributed by atoms with Gasteiger partial charge in [0.2, 0.25) is 10.0 Å². The maximum Gasteiger partial charge on any atom is 0.556 e. The highest BCUT2D eigenvalue weighted by molar-refractivity contribution is 7.92. The Balaban J connectivity index is 0.00000191. The topological polar surface area (TPSA) is 116 Å². The van der Waals surface area contributed by atoms with Gasteiger partial charge in [0.1, 0.15) is 6.61 Å². The zero-order valence-electron chi connectivity index (χ0n) is 12.2. The zero-order valence-corrected chi connectivity index (χ0v) is 13.9. The molecule has 0 fully saturated rings. The number of benzene rings is 1. The lowest BCUT2D eigenvalue weighted by Gasteiger charge is -2.02. The second-order valence-corrected chi connectivity index (χ2v) is 6.51. The molecule has 0 spiro atoms. The quantitative estimate of drug-likeness (QED) is 0.484. The second kappa shape index (κ2) is 8.66. The van der Waals surface area contributed by atoms with Crippen LogP contribution in [0.4, 0.5) is 11.4 Å². The molecule has 10 heteroatoms. The smallest absolute Gasteiger partial charge is 0.284 e. The van der Waals surface area contributed by atoms with E-state index in [4.69, 9.17) is 4.52 Å². The summed E-state index contributed by atoms with van der Waals surface area (Å²) in [5, 5.41) is 10.7. The number of anilines is 1. The molecule has 0 heterocycles. The summed E-state index contributed by atoms with van der Waals surface area (Å²) in [6.07, 6.45) is 0.941. The summed E-state index contributed by atoms with van der Waals surface area (Å²) in [5.41, 5.74) is -0.292. The van der Waals surface area contributed by atoms with Crippen LogP contribution in [0.2, 0.25) is 0 Å². The maximum absolute atomic E-state index is 11.7. The maximum atomic E-state index is 11.7. The van der Waals surface area contributed by atoms with Crippen molar-refractivity contribution in [2.75, 3.05) is 17.6 Å². The van der Waals surface area contributed by atoms with Gasteiger partial charge in [-0.3, -0.25) is 14.8 Å². The number of nitrogens with one attached hydrogen (secondary N) is 1. The van der Waals surface area contributed by atoms with Gasteiger partial charge in [0, 0.05) is 12.1 Å². The van der Waals surface area contributed by atoms with Crippen LogP contribution in [-0.4, -0.2) is 26.2 Å². The molecule has 0 aliphatic rings. The van der Waals surface area contributed by atoms with E-state index < -0.39 is 23.0 Å². The fourth-order valence-electron chi connectivity index (χ4n) is 1.29. The van der Waals surface area contributed by atoms with Gasteiger partial charge in [-0.15, -0.1) is 4.52 Å². The van der Waals surface area contributed by atoms with Gasteiger partial charge >= 0.3 is 19.0 Å². The lowest BCUT2D eigenvalue weighted by molar-refractivity contribution is -0.383. The van der Waals surface area contributed by atoms with Crippen molar-refractivity contribution in [3.8, 4) is 0 Å². The van der Waals surface area contributed by atoms with E-state index in [2.05, 4.69) is 4.72 Å². The third kappa shape index (κ3) is 6.61. The molecule has 1 N–H and O–H groups in total. The molecular formula is C11H18N2O6PS+. The SMILES string of the molecule is CC.CCO[P+](=O)c1cc(NS(C)(=O)=O)ccc1[N+](=O)[O-]. The minimum Gasteiger partial charge on any atom is -0.284 e. The third-order valence-corrected chi connectivity index (χ3v) is 3.77. The summed E-state index contributed by atoms with van der Waals surface area (Å²) >= 11 is 0. The summed E-state index contributed by atoms with van der Waals surface area (Å²) in [4.78, 5) is 10.1. The largest absolute Gasteiger partial charge is 0.556 e. The summed E-state index contributed by atoms with van der Waals surface area (Å²) < 4.78 is 40.9. The van der Waals surface area contributed by atoms with Crippen molar-refractivity contribution in [3.05, 3.63) is 28.3 Å². The van der Waals surface area contributed by atoms with Gasteiger partial charge in [-0.2, -0.15) is 0 Å². The summed E-state index contributed by atoms with van der Waals surface area (Å²) in [5.74, 6) is 0. The first-order valence-electron chi connectivity index (χ1n) is 6.11. The number of nitro groups is 1. The summed E-state index contributed by atoms with van der Waals surface area (Å²) in [7, 11) is -5.93. The van der Waals surface area contributed by atoms with Crippen LogP contribution in [0, 0.1) is 10.1 Å². The van der Waals surface area contributed by atoms with Crippen molar-refractivity contribution in [1.29, 1.82) is 0 Å². The van der Waals surface area contributed by atoms with E-state index in [1.807, 2.05) is 13.8 Å². The average Bonchev–Trinajstić information content (AvgIpc) is 2.39. The Hall–Kier alpha value is -1.57. The number of hydrogen-bond donors (Lipinski definition) is 1. The zero-order chi connectivity index (χ0) is 16.6. The monoisotopic (exact) mass is 337 g/mol. The first-order valence-corrected chi connectivity index (χ1v) is 9.18. The van der Waals surface area contributed by atoms with Crippen molar-refractivity contribution >= 4 is 34.7 Å². The fourth-order valence-corrected chi connectivity index (χ4v) is 2.80. The molecule has 0 aliphatic heterocycles. The third-order valence-electron chi connectivity index (χ3n) is 1.92. The molecule has 1 aromatic carbocycles. The number of sulfonamides is 1. The molecule has 8 nitrogen and oxygen atoms in total. The van der Waals surface area contributed by atoms with E-state index in [0.717, 1.165) is 18.4 Å². The van der Waals surface area contributed by atoms with Crippen molar-refractivity contribution in [1.82, 2.24) is 0 Å². The number of hydrogen-bond acceptors (Lipinski definition) is 6. The van der Waals surface area contributed by atoms with Gasteiger partial charge < -0.3 is 0 Å². The first-order chi connectivity index (χ1) is 9.74. The van der Waals surface area contributed by atoms with E-state index in [0.29, 0.717) is 0 Å². The predicted octanol–water partition coefficient (Wildman–Crippen LogP) is 2.40. The van der Waals surface area contributed by atoms with Gasteiger partial charge in [-0.25, -0.2) is 8.42 Å². The molecule has 1 atom stereocenters. The van der Waals surface area contributed by atoms with Crippen LogP contribution in [0.15, 0.2) is 18.2 Å². The van der Waals surface area contributed by atoms with E-state index in [1.54, 1.807) is 6.92 Å². The minimum absolute atomic E-state index is 0.0890. The van der Waals surface area contributed by atoms with Crippen molar-refractivity contribution in [3.63, 3.8) is 0 Å². The second-order valence-electron chi connectivity index (χ2n) is 3.51. The van der Waals surface area contributed by atoms with Crippen LogP contribution < -0.4 is 10.0 Å². The molecule has 0 radical (unpaired) electrons. The minimum atomic E-state index is -3.52. The first kappa shape index (κ1) is 19.4. The van der Waals surface area contributed by atoms with Gasteiger partial charge in [0.15, 0.2) is 0 Å². The van der Waals surface area contributed by atoms with Crippen LogP contribution >= 0.6 is 8.03 Å². The van der Waals surface area contributed by atoms with Crippen LogP contribution in [0.25, 0.3) is 0 Å². The highest BCUT2D eigenvalue weighted by atomic mass is 32.2. The number of rotatable bonds is 6. The van der Waals surface area contributed by atoms with Crippen LogP contribution in [-0.2, 0) is 19.1 Å². The normalized spacial score (nSPS) is 11.1. The van der Waals surface area contributed by atoms with Gasteiger partial charge in [-0.05, 0) is 17.6 Å².